The molecule has 0 atom stereocenters. The van der Waals surface area contributed by atoms with Crippen LogP contribution in [-0.4, -0.2) is 14.8 Å². The minimum Gasteiger partial charge on any atom is -0.266 e. The van der Waals surface area contributed by atoms with Gasteiger partial charge in [-0.25, -0.2) is 14.3 Å². The molecular weight excluding hydrogens is 337 g/mol. The first kappa shape index (κ1) is 15.8. The van der Waals surface area contributed by atoms with Gasteiger partial charge in [0.25, 0.3) is 0 Å². The van der Waals surface area contributed by atoms with Crippen LogP contribution in [0.4, 0.5) is 4.39 Å². The first-order valence-electron chi connectivity index (χ1n) is 6.89. The van der Waals surface area contributed by atoms with Gasteiger partial charge in [-0.05, 0) is 23.3 Å². The van der Waals surface area contributed by atoms with Crippen molar-refractivity contribution in [3.05, 3.63) is 81.0 Å². The van der Waals surface area contributed by atoms with E-state index >= 15 is 0 Å². The van der Waals surface area contributed by atoms with Crippen LogP contribution in [0, 0.1) is 5.82 Å². The molecule has 0 spiro atoms. The molecule has 1 heterocycles. The Balaban J connectivity index is 1.77. The first-order chi connectivity index (χ1) is 11.1. The zero-order valence-electron chi connectivity index (χ0n) is 12.0. The minimum absolute atomic E-state index is 0.262. The summed E-state index contributed by atoms with van der Waals surface area (Å²) in [5, 5.41) is 7.44. The van der Waals surface area contributed by atoms with Crippen LogP contribution in [0.25, 0.3) is 0 Å². The zero-order chi connectivity index (χ0) is 16.2. The Labute approximate surface area is 141 Å². The van der Waals surface area contributed by atoms with Crippen LogP contribution in [0.1, 0.15) is 11.1 Å². The van der Waals surface area contributed by atoms with Crippen molar-refractivity contribution in [2.75, 3.05) is 0 Å². The standard InChI is InChI=1S/C16H13ClFN3OS/c17-14-8-13(18)7-6-12(14)10-23-16-20-19-15(22)21(16)9-11-4-2-1-3-5-11/h1-8H,9-10H2,(H,19,22). The summed E-state index contributed by atoms with van der Waals surface area (Å²) in [6.45, 7) is 0.440. The highest BCUT2D eigenvalue weighted by molar-refractivity contribution is 7.98. The lowest BCUT2D eigenvalue weighted by molar-refractivity contribution is 0.627. The molecule has 0 aliphatic rings. The van der Waals surface area contributed by atoms with Gasteiger partial charge in [0, 0.05) is 10.8 Å². The minimum atomic E-state index is -0.371. The van der Waals surface area contributed by atoms with Crippen molar-refractivity contribution in [3.63, 3.8) is 0 Å². The van der Waals surface area contributed by atoms with Crippen LogP contribution in [0.3, 0.4) is 0 Å². The second kappa shape index (κ2) is 7.02. The van der Waals surface area contributed by atoms with E-state index in [0.29, 0.717) is 22.5 Å². The molecule has 0 saturated heterocycles. The number of hydrogen-bond acceptors (Lipinski definition) is 3. The van der Waals surface area contributed by atoms with E-state index < -0.39 is 0 Å². The number of aromatic amines is 1. The summed E-state index contributed by atoms with van der Waals surface area (Å²) in [6.07, 6.45) is 0. The van der Waals surface area contributed by atoms with Crippen LogP contribution in [-0.2, 0) is 12.3 Å². The van der Waals surface area contributed by atoms with Crippen LogP contribution >= 0.6 is 23.4 Å². The molecule has 1 aromatic heterocycles. The Morgan fingerprint density at radius 1 is 1.22 bits per heavy atom. The van der Waals surface area contributed by atoms with Gasteiger partial charge in [0.2, 0.25) is 0 Å². The number of thioether (sulfide) groups is 1. The topological polar surface area (TPSA) is 50.7 Å². The van der Waals surface area contributed by atoms with Gasteiger partial charge in [-0.1, -0.05) is 59.8 Å². The summed E-state index contributed by atoms with van der Waals surface area (Å²) in [6, 6.07) is 13.9. The zero-order valence-corrected chi connectivity index (χ0v) is 13.6. The highest BCUT2D eigenvalue weighted by Gasteiger charge is 2.11. The van der Waals surface area contributed by atoms with Gasteiger partial charge in [-0.2, -0.15) is 0 Å². The van der Waals surface area contributed by atoms with Gasteiger partial charge in [0.1, 0.15) is 5.82 Å². The van der Waals surface area contributed by atoms with Crippen LogP contribution in [0.2, 0.25) is 5.02 Å². The molecule has 0 bridgehead atoms. The Morgan fingerprint density at radius 2 is 2.00 bits per heavy atom. The summed E-state index contributed by atoms with van der Waals surface area (Å²) in [7, 11) is 0. The SMILES string of the molecule is O=c1[nH]nc(SCc2ccc(F)cc2Cl)n1Cc1ccccc1. The lowest BCUT2D eigenvalue weighted by atomic mass is 10.2. The van der Waals surface area contributed by atoms with Crippen molar-refractivity contribution in [2.45, 2.75) is 17.5 Å². The summed E-state index contributed by atoms with van der Waals surface area (Å²) in [5.74, 6) is 0.127. The largest absolute Gasteiger partial charge is 0.344 e. The van der Waals surface area contributed by atoms with Crippen molar-refractivity contribution >= 4 is 23.4 Å². The maximum Gasteiger partial charge on any atom is 0.344 e. The Hall–Kier alpha value is -2.05. The van der Waals surface area contributed by atoms with Crippen molar-refractivity contribution in [1.29, 1.82) is 0 Å². The van der Waals surface area contributed by atoms with Crippen LogP contribution in [0.5, 0.6) is 0 Å². The molecule has 3 rings (SSSR count). The van der Waals surface area contributed by atoms with Crippen molar-refractivity contribution in [1.82, 2.24) is 14.8 Å². The van der Waals surface area contributed by atoms with Gasteiger partial charge in [-0.15, -0.1) is 5.10 Å². The average molecular weight is 350 g/mol. The maximum atomic E-state index is 13.1. The molecule has 118 valence electrons. The Kier molecular flexibility index (Phi) is 4.83. The number of halogens is 2. The monoisotopic (exact) mass is 349 g/mol. The van der Waals surface area contributed by atoms with E-state index in [1.807, 2.05) is 30.3 Å². The summed E-state index contributed by atoms with van der Waals surface area (Å²) in [5.41, 5.74) is 1.54. The lowest BCUT2D eigenvalue weighted by Crippen LogP contribution is -2.18. The third-order valence-electron chi connectivity index (χ3n) is 3.28. The van der Waals surface area contributed by atoms with E-state index in [0.717, 1.165) is 11.1 Å². The molecule has 0 aliphatic carbocycles. The smallest absolute Gasteiger partial charge is 0.266 e. The van der Waals surface area contributed by atoms with E-state index in [1.165, 1.54) is 23.9 Å². The molecule has 0 amide bonds. The quantitative estimate of drug-likeness (QED) is 0.714. The molecule has 7 heteroatoms. The van der Waals surface area contributed by atoms with E-state index in [1.54, 1.807) is 10.6 Å². The van der Waals surface area contributed by atoms with Crippen molar-refractivity contribution in [3.8, 4) is 0 Å². The van der Waals surface area contributed by atoms with Gasteiger partial charge < -0.3 is 0 Å². The first-order valence-corrected chi connectivity index (χ1v) is 8.25. The molecular formula is C16H13ClFN3OS. The molecule has 0 radical (unpaired) electrons. The van der Waals surface area contributed by atoms with E-state index in [-0.39, 0.29) is 11.5 Å². The second-order valence-corrected chi connectivity index (χ2v) is 6.26. The van der Waals surface area contributed by atoms with E-state index in [2.05, 4.69) is 10.2 Å². The number of rotatable bonds is 5. The van der Waals surface area contributed by atoms with Crippen LogP contribution in [0.15, 0.2) is 58.5 Å². The number of H-pyrrole nitrogens is 1. The van der Waals surface area contributed by atoms with Gasteiger partial charge in [0.05, 0.1) is 6.54 Å². The molecule has 0 fully saturated rings. The van der Waals surface area contributed by atoms with Crippen LogP contribution < -0.4 is 5.69 Å². The fourth-order valence-corrected chi connectivity index (χ4v) is 3.36. The summed E-state index contributed by atoms with van der Waals surface area (Å²) >= 11 is 7.39. The van der Waals surface area contributed by atoms with E-state index in [9.17, 15) is 9.18 Å². The Morgan fingerprint density at radius 3 is 2.74 bits per heavy atom. The molecule has 0 saturated carbocycles. The molecule has 0 aliphatic heterocycles. The number of nitrogens with zero attached hydrogens (tertiary/aromatic N) is 2. The van der Waals surface area contributed by atoms with Crippen molar-refractivity contribution in [2.24, 2.45) is 0 Å². The molecule has 4 nitrogen and oxygen atoms in total. The third-order valence-corrected chi connectivity index (χ3v) is 4.66. The highest BCUT2D eigenvalue weighted by Crippen LogP contribution is 2.25. The number of aromatic nitrogens is 3. The summed E-state index contributed by atoms with van der Waals surface area (Å²) < 4.78 is 14.6. The van der Waals surface area contributed by atoms with Gasteiger partial charge >= 0.3 is 5.69 Å². The molecule has 2 aromatic carbocycles. The molecule has 0 unspecified atom stereocenters. The highest BCUT2D eigenvalue weighted by atomic mass is 35.5. The third kappa shape index (κ3) is 3.83. The van der Waals surface area contributed by atoms with E-state index in [4.69, 9.17) is 11.6 Å². The summed E-state index contributed by atoms with van der Waals surface area (Å²) in [4.78, 5) is 11.9. The number of benzene rings is 2. The molecule has 23 heavy (non-hydrogen) atoms. The van der Waals surface area contributed by atoms with Gasteiger partial charge in [0.15, 0.2) is 5.16 Å². The average Bonchev–Trinajstić information content (AvgIpc) is 2.88. The maximum absolute atomic E-state index is 13.1. The lowest BCUT2D eigenvalue weighted by Gasteiger charge is -2.07. The molecule has 3 aromatic rings. The second-order valence-electron chi connectivity index (χ2n) is 4.91. The fraction of sp³-hybridized carbons (Fsp3) is 0.125. The normalized spacial score (nSPS) is 10.9. The predicted molar refractivity (Wildman–Crippen MR) is 89.4 cm³/mol. The number of hydrogen-bond donors (Lipinski definition) is 1. The fourth-order valence-electron chi connectivity index (χ4n) is 2.10. The number of nitrogens with one attached hydrogen (secondary N) is 1. The van der Waals surface area contributed by atoms with Gasteiger partial charge in [-0.3, -0.25) is 4.57 Å². The molecule has 1 N–H and O–H groups in total. The predicted octanol–water partition coefficient (Wildman–Crippen LogP) is 3.70. The van der Waals surface area contributed by atoms with Crippen molar-refractivity contribution < 1.29 is 4.39 Å². The Bertz CT molecular complexity index is 863.